The zero-order valence-corrected chi connectivity index (χ0v) is 17.6. The maximum Gasteiger partial charge on any atom is 0.338 e. The molecule has 1 amide bonds. The lowest BCUT2D eigenvalue weighted by molar-refractivity contribution is -0.118. The minimum atomic E-state index is -0.530. The number of rotatable bonds is 4. The Morgan fingerprint density at radius 3 is 2.59 bits per heavy atom. The lowest BCUT2D eigenvalue weighted by Gasteiger charge is -2.17. The molecule has 6 nitrogen and oxygen atoms in total. The third-order valence-electron chi connectivity index (χ3n) is 6.60. The number of aryl methyl sites for hydroxylation is 1. The molecule has 0 radical (unpaired) electrons. The van der Waals surface area contributed by atoms with Gasteiger partial charge in [0.25, 0.3) is 0 Å². The van der Waals surface area contributed by atoms with Crippen LogP contribution >= 0.6 is 0 Å². The van der Waals surface area contributed by atoms with Gasteiger partial charge in [-0.1, -0.05) is 18.2 Å². The van der Waals surface area contributed by atoms with Gasteiger partial charge < -0.3 is 19.5 Å². The van der Waals surface area contributed by atoms with Crippen LogP contribution in [0.2, 0.25) is 0 Å². The summed E-state index contributed by atoms with van der Waals surface area (Å²) >= 11 is 0. The Balaban J connectivity index is 1.28. The maximum atomic E-state index is 13.3. The molecule has 0 aromatic heterocycles. The number of nitrogens with one attached hydrogen (secondary N) is 1. The van der Waals surface area contributed by atoms with E-state index < -0.39 is 5.41 Å². The molecule has 160 valence electrons. The minimum Gasteiger partial charge on any atom is -0.457 e. The molecule has 6 rings (SSSR count). The van der Waals surface area contributed by atoms with Crippen molar-refractivity contribution in [3.8, 4) is 22.6 Å². The summed E-state index contributed by atoms with van der Waals surface area (Å²) in [5, 5.41) is 3.12. The Labute approximate surface area is 185 Å². The molecule has 0 atom stereocenters. The fraction of sp³-hybridized carbons (Fsp3) is 0.231. The fourth-order valence-corrected chi connectivity index (χ4v) is 4.53. The van der Waals surface area contributed by atoms with Gasteiger partial charge in [0.15, 0.2) is 11.5 Å². The first-order chi connectivity index (χ1) is 15.5. The van der Waals surface area contributed by atoms with E-state index in [-0.39, 0.29) is 18.7 Å². The first-order valence-corrected chi connectivity index (χ1v) is 10.7. The molecule has 1 fully saturated rings. The molecule has 1 aliphatic carbocycles. The van der Waals surface area contributed by atoms with Crippen molar-refractivity contribution in [1.29, 1.82) is 0 Å². The summed E-state index contributed by atoms with van der Waals surface area (Å²) in [6.07, 6.45) is 1.60. The molecular weight excluding hydrogens is 406 g/mol. The van der Waals surface area contributed by atoms with Gasteiger partial charge in [0, 0.05) is 11.3 Å². The van der Waals surface area contributed by atoms with Crippen LogP contribution in [0.5, 0.6) is 11.5 Å². The first kappa shape index (κ1) is 18.9. The van der Waals surface area contributed by atoms with Crippen LogP contribution in [-0.4, -0.2) is 18.7 Å². The van der Waals surface area contributed by atoms with Crippen molar-refractivity contribution in [2.24, 2.45) is 0 Å². The van der Waals surface area contributed by atoms with E-state index in [9.17, 15) is 9.59 Å². The number of carbonyl (C=O) groups is 2. The SMILES string of the molecule is Cc1ccc(NC(=O)C2(c3ccc4c(c3)OCO4)CC2)cc1-c1ccc2c(c1)COC2=O. The van der Waals surface area contributed by atoms with Gasteiger partial charge in [0.1, 0.15) is 6.61 Å². The summed E-state index contributed by atoms with van der Waals surface area (Å²) in [4.78, 5) is 25.0. The smallest absolute Gasteiger partial charge is 0.338 e. The van der Waals surface area contributed by atoms with Crippen molar-refractivity contribution in [2.45, 2.75) is 31.8 Å². The highest BCUT2D eigenvalue weighted by Gasteiger charge is 2.51. The third kappa shape index (κ3) is 2.94. The number of benzene rings is 3. The Morgan fingerprint density at radius 1 is 0.906 bits per heavy atom. The van der Waals surface area contributed by atoms with Crippen molar-refractivity contribution >= 4 is 17.6 Å². The quantitative estimate of drug-likeness (QED) is 0.610. The lowest BCUT2D eigenvalue weighted by Crippen LogP contribution is -2.27. The fourth-order valence-electron chi connectivity index (χ4n) is 4.53. The molecule has 2 heterocycles. The van der Waals surface area contributed by atoms with E-state index in [1.165, 1.54) is 0 Å². The second-order valence-corrected chi connectivity index (χ2v) is 8.58. The van der Waals surface area contributed by atoms with Crippen LogP contribution in [-0.2, 0) is 21.6 Å². The lowest BCUT2D eigenvalue weighted by atomic mass is 9.93. The van der Waals surface area contributed by atoms with Gasteiger partial charge in [-0.2, -0.15) is 0 Å². The number of ether oxygens (including phenoxy) is 3. The van der Waals surface area contributed by atoms with Crippen LogP contribution in [0.15, 0.2) is 54.6 Å². The number of anilines is 1. The molecule has 0 saturated heterocycles. The highest BCUT2D eigenvalue weighted by Crippen LogP contribution is 2.51. The molecule has 3 aromatic carbocycles. The number of hydrogen-bond donors (Lipinski definition) is 1. The Bertz CT molecular complexity index is 1290. The maximum absolute atomic E-state index is 13.3. The predicted octanol–water partition coefficient (Wildman–Crippen LogP) is 4.73. The minimum absolute atomic E-state index is 0.0147. The van der Waals surface area contributed by atoms with Crippen molar-refractivity contribution in [2.75, 3.05) is 12.1 Å². The monoisotopic (exact) mass is 427 g/mol. The van der Waals surface area contributed by atoms with Crippen LogP contribution < -0.4 is 14.8 Å². The van der Waals surface area contributed by atoms with Crippen LogP contribution in [0.1, 0.15) is 39.9 Å². The summed E-state index contributed by atoms with van der Waals surface area (Å²) in [7, 11) is 0. The van der Waals surface area contributed by atoms with Crippen LogP contribution in [0, 0.1) is 6.92 Å². The van der Waals surface area contributed by atoms with E-state index in [2.05, 4.69) is 5.32 Å². The molecular formula is C26H21NO5. The Morgan fingerprint density at radius 2 is 1.75 bits per heavy atom. The third-order valence-corrected chi connectivity index (χ3v) is 6.60. The zero-order valence-electron chi connectivity index (χ0n) is 17.6. The van der Waals surface area contributed by atoms with Gasteiger partial charge in [-0.3, -0.25) is 4.79 Å². The Hall–Kier alpha value is -3.80. The normalized spacial score (nSPS) is 17.0. The number of fused-ring (bicyclic) bond motifs is 2. The summed E-state index contributed by atoms with van der Waals surface area (Å²) in [5.74, 6) is 1.12. The topological polar surface area (TPSA) is 73.9 Å². The second kappa shape index (κ2) is 6.85. The van der Waals surface area contributed by atoms with Gasteiger partial charge in [0.05, 0.1) is 11.0 Å². The molecule has 3 aromatic rings. The molecule has 6 heteroatoms. The van der Waals surface area contributed by atoms with Gasteiger partial charge in [0.2, 0.25) is 12.7 Å². The number of hydrogen-bond acceptors (Lipinski definition) is 5. The molecule has 32 heavy (non-hydrogen) atoms. The molecule has 1 N–H and O–H groups in total. The second-order valence-electron chi connectivity index (χ2n) is 8.58. The van der Waals surface area contributed by atoms with Gasteiger partial charge in [-0.15, -0.1) is 0 Å². The van der Waals surface area contributed by atoms with Crippen molar-refractivity contribution in [3.63, 3.8) is 0 Å². The van der Waals surface area contributed by atoms with Crippen molar-refractivity contribution in [1.82, 2.24) is 0 Å². The summed E-state index contributed by atoms with van der Waals surface area (Å²) in [6.45, 7) is 2.55. The average molecular weight is 427 g/mol. The van der Waals surface area contributed by atoms with Crippen LogP contribution in [0.3, 0.4) is 0 Å². The molecule has 1 saturated carbocycles. The van der Waals surface area contributed by atoms with Gasteiger partial charge in [-0.25, -0.2) is 4.79 Å². The number of carbonyl (C=O) groups excluding carboxylic acids is 2. The summed E-state index contributed by atoms with van der Waals surface area (Å²) in [5.41, 5.74) is 5.77. The molecule has 2 aliphatic heterocycles. The first-order valence-electron chi connectivity index (χ1n) is 10.7. The number of amides is 1. The van der Waals surface area contributed by atoms with Gasteiger partial charge >= 0.3 is 5.97 Å². The van der Waals surface area contributed by atoms with E-state index in [0.717, 1.165) is 52.1 Å². The van der Waals surface area contributed by atoms with E-state index in [0.29, 0.717) is 17.9 Å². The van der Waals surface area contributed by atoms with E-state index in [1.807, 2.05) is 61.5 Å². The van der Waals surface area contributed by atoms with Gasteiger partial charge in [-0.05, 0) is 78.4 Å². The van der Waals surface area contributed by atoms with Crippen LogP contribution in [0.25, 0.3) is 11.1 Å². The summed E-state index contributed by atoms with van der Waals surface area (Å²) in [6, 6.07) is 17.4. The number of esters is 1. The van der Waals surface area contributed by atoms with E-state index >= 15 is 0 Å². The van der Waals surface area contributed by atoms with Crippen molar-refractivity contribution in [3.05, 3.63) is 76.9 Å². The summed E-state index contributed by atoms with van der Waals surface area (Å²) < 4.78 is 16.0. The molecule has 0 bridgehead atoms. The highest BCUT2D eigenvalue weighted by atomic mass is 16.7. The van der Waals surface area contributed by atoms with Crippen molar-refractivity contribution < 1.29 is 23.8 Å². The average Bonchev–Trinajstić information content (AvgIpc) is 3.35. The van der Waals surface area contributed by atoms with Crippen LogP contribution in [0.4, 0.5) is 5.69 Å². The van der Waals surface area contributed by atoms with E-state index in [4.69, 9.17) is 14.2 Å². The Kier molecular flexibility index (Phi) is 4.05. The van der Waals surface area contributed by atoms with E-state index in [1.54, 1.807) is 0 Å². The molecule has 0 unspecified atom stereocenters. The number of cyclic esters (lactones) is 1. The largest absolute Gasteiger partial charge is 0.457 e. The predicted molar refractivity (Wildman–Crippen MR) is 118 cm³/mol. The highest BCUT2D eigenvalue weighted by molar-refractivity contribution is 6.02. The molecule has 0 spiro atoms. The standard InChI is InChI=1S/C26H21NO5/c1-15-2-5-19(12-21(15)16-3-6-20-17(10-16)13-30-24(20)28)27-25(29)26(8-9-26)18-4-7-22-23(11-18)32-14-31-22/h2-7,10-12H,8-9,13-14H2,1H3,(H,27,29). The molecule has 3 aliphatic rings. The zero-order chi connectivity index (χ0) is 21.9.